The van der Waals surface area contributed by atoms with Crippen molar-refractivity contribution in [2.45, 2.75) is 128 Å². The minimum Gasteiger partial charge on any atom is -0.427 e. The fourth-order valence-electron chi connectivity index (χ4n) is 7.00. The van der Waals surface area contributed by atoms with Crippen LogP contribution in [0.4, 0.5) is 0 Å². The zero-order chi connectivity index (χ0) is 43.6. The first-order valence-electron chi connectivity index (χ1n) is 20.7. The van der Waals surface area contributed by atoms with E-state index in [4.69, 9.17) is 11.5 Å². The Morgan fingerprint density at radius 2 is 1.53 bits per heavy atom. The van der Waals surface area contributed by atoms with Gasteiger partial charge in [0.15, 0.2) is 17.9 Å². The highest BCUT2D eigenvalue weighted by molar-refractivity contribution is 6.43. The lowest BCUT2D eigenvalue weighted by Gasteiger charge is -2.27. The number of nitrogens with zero attached hydrogens (tertiary/aromatic N) is 1. The smallest absolute Gasteiger partial charge is 0.427 e. The molecule has 3 rings (SSSR count). The Balaban J connectivity index is 1.57. The number of hydrogen-bond donors (Lipinski definition) is 9. The molecule has 0 saturated carbocycles. The van der Waals surface area contributed by atoms with Crippen LogP contribution in [0.25, 0.3) is 11.1 Å². The van der Waals surface area contributed by atoms with Crippen molar-refractivity contribution in [1.29, 1.82) is 0 Å². The number of nitrogens with two attached hydrogens (primary N) is 2. The number of aliphatic hydroxyl groups excluding tert-OH is 1. The normalized spacial score (nSPS) is 17.2. The number of ketones is 2. The van der Waals surface area contributed by atoms with E-state index in [-0.39, 0.29) is 51.1 Å². The molecule has 1 aliphatic heterocycles. The summed E-state index contributed by atoms with van der Waals surface area (Å²) in [4.78, 5) is 80.6. The van der Waals surface area contributed by atoms with Crippen molar-refractivity contribution in [3.8, 4) is 11.1 Å². The zero-order valence-corrected chi connectivity index (χ0v) is 34.5. The van der Waals surface area contributed by atoms with Crippen LogP contribution in [0.3, 0.4) is 0 Å². The molecular weight excluding hydrogens is 759 g/mol. The maximum atomic E-state index is 13.5. The third-order valence-corrected chi connectivity index (χ3v) is 10.8. The molecule has 0 bridgehead atoms. The second-order valence-corrected chi connectivity index (χ2v) is 15.5. The van der Waals surface area contributed by atoms with Crippen LogP contribution in [0.5, 0.6) is 0 Å². The van der Waals surface area contributed by atoms with Crippen LogP contribution in [0.2, 0.25) is 5.82 Å². The molecule has 0 aliphatic carbocycles. The largest absolute Gasteiger partial charge is 0.454 e. The number of carbonyl (C=O) groups excluding carboxylic acids is 6. The molecule has 59 heavy (non-hydrogen) atoms. The summed E-state index contributed by atoms with van der Waals surface area (Å²) >= 11 is 0. The van der Waals surface area contributed by atoms with E-state index in [1.807, 2.05) is 12.1 Å². The summed E-state index contributed by atoms with van der Waals surface area (Å²) in [6, 6.07) is 10.9. The molecule has 1 saturated heterocycles. The van der Waals surface area contributed by atoms with Crippen LogP contribution in [-0.4, -0.2) is 118 Å². The lowest BCUT2D eigenvalue weighted by atomic mass is 9.71. The average molecular weight is 823 g/mol. The number of unbranched alkanes of at least 4 members (excludes halogenated alkanes) is 2. The minimum absolute atomic E-state index is 0.0193. The number of aryl methyl sites for hydroxylation is 1. The summed E-state index contributed by atoms with van der Waals surface area (Å²) in [6.45, 7) is 5.62. The number of likely N-dealkylation sites (tertiary alicyclic amines) is 1. The second-order valence-electron chi connectivity index (χ2n) is 15.5. The Kier molecular flexibility index (Phi) is 20.3. The van der Waals surface area contributed by atoms with Crippen molar-refractivity contribution in [2.75, 3.05) is 19.6 Å². The average Bonchev–Trinajstić information content (AvgIpc) is 3.62. The first kappa shape index (κ1) is 48.9. The molecule has 11 N–H and O–H groups in total. The molecule has 1 heterocycles. The van der Waals surface area contributed by atoms with E-state index >= 15 is 0 Å². The monoisotopic (exact) mass is 822 g/mol. The van der Waals surface area contributed by atoms with E-state index < -0.39 is 85.0 Å². The highest BCUT2D eigenvalue weighted by atomic mass is 16.5. The number of amides is 4. The van der Waals surface area contributed by atoms with Crippen LogP contribution in [0.1, 0.15) is 101 Å². The lowest BCUT2D eigenvalue weighted by molar-refractivity contribution is -0.145. The first-order chi connectivity index (χ1) is 28.1. The fraction of sp³-hybridized carbons (Fsp3) is 0.571. The second kappa shape index (κ2) is 24.5. The Morgan fingerprint density at radius 1 is 0.881 bits per heavy atom. The van der Waals surface area contributed by atoms with Crippen molar-refractivity contribution in [2.24, 2.45) is 17.4 Å². The van der Waals surface area contributed by atoms with Gasteiger partial charge in [-0.05, 0) is 86.1 Å². The van der Waals surface area contributed by atoms with Crippen LogP contribution < -0.4 is 27.4 Å². The van der Waals surface area contributed by atoms with Gasteiger partial charge in [0.1, 0.15) is 12.1 Å². The molecule has 16 nitrogen and oxygen atoms in total. The Morgan fingerprint density at radius 3 is 2.10 bits per heavy atom. The van der Waals surface area contributed by atoms with Gasteiger partial charge in [0.2, 0.25) is 17.7 Å². The number of rotatable bonds is 25. The number of hydrogen-bond acceptors (Lipinski definition) is 12. The maximum absolute atomic E-state index is 13.5. The molecule has 6 atom stereocenters. The molecule has 1 fully saturated rings. The van der Waals surface area contributed by atoms with E-state index in [1.165, 1.54) is 17.4 Å². The Hall–Kier alpha value is -4.52. The number of benzene rings is 2. The molecule has 4 amide bonds. The van der Waals surface area contributed by atoms with Gasteiger partial charge < -0.3 is 52.6 Å². The molecule has 0 unspecified atom stereocenters. The lowest BCUT2D eigenvalue weighted by Crippen LogP contribution is -2.55. The summed E-state index contributed by atoms with van der Waals surface area (Å²) in [7, 11) is -1.73. The molecule has 17 heteroatoms. The van der Waals surface area contributed by atoms with Gasteiger partial charge in [-0.1, -0.05) is 63.6 Å². The zero-order valence-electron chi connectivity index (χ0n) is 34.5. The third-order valence-electron chi connectivity index (χ3n) is 10.8. The summed E-state index contributed by atoms with van der Waals surface area (Å²) in [5.74, 6) is -5.43. The van der Waals surface area contributed by atoms with Gasteiger partial charge in [-0.3, -0.25) is 28.8 Å². The molecule has 324 valence electrons. The minimum atomic E-state index is -2.34. The Bertz CT molecular complexity index is 1690. The quantitative estimate of drug-likeness (QED) is 0.0385. The van der Waals surface area contributed by atoms with Gasteiger partial charge in [-0.25, -0.2) is 0 Å². The highest BCUT2D eigenvalue weighted by Crippen LogP contribution is 2.23. The van der Waals surface area contributed by atoms with E-state index in [9.17, 15) is 49.0 Å². The predicted molar refractivity (Wildman–Crippen MR) is 223 cm³/mol. The molecule has 2 aromatic carbocycles. The van der Waals surface area contributed by atoms with Gasteiger partial charge in [-0.15, -0.1) is 0 Å². The van der Waals surface area contributed by atoms with Crippen LogP contribution >= 0.6 is 0 Å². The van der Waals surface area contributed by atoms with Crippen molar-refractivity contribution >= 4 is 42.3 Å². The van der Waals surface area contributed by atoms with Crippen LogP contribution in [0.15, 0.2) is 48.5 Å². The van der Waals surface area contributed by atoms with Crippen molar-refractivity contribution in [1.82, 2.24) is 20.9 Å². The van der Waals surface area contributed by atoms with Gasteiger partial charge in [-0.2, -0.15) is 0 Å². The summed E-state index contributed by atoms with van der Waals surface area (Å²) in [5.41, 5.74) is 15.4. The van der Waals surface area contributed by atoms with Gasteiger partial charge in [0.05, 0.1) is 6.04 Å². The Labute approximate surface area is 347 Å². The topological polar surface area (TPSA) is 275 Å². The van der Waals surface area contributed by atoms with Crippen molar-refractivity contribution < 1.29 is 49.0 Å². The summed E-state index contributed by atoms with van der Waals surface area (Å²) in [6.07, 6.45) is 1.56. The van der Waals surface area contributed by atoms with E-state index in [0.29, 0.717) is 24.9 Å². The van der Waals surface area contributed by atoms with Crippen molar-refractivity contribution in [3.05, 3.63) is 59.7 Å². The van der Waals surface area contributed by atoms with E-state index in [1.54, 1.807) is 19.1 Å². The fourth-order valence-corrected chi connectivity index (χ4v) is 7.00. The molecule has 0 aromatic heterocycles. The molecule has 1 aliphatic rings. The van der Waals surface area contributed by atoms with Gasteiger partial charge >= 0.3 is 7.12 Å². The molecule has 2 aromatic rings. The predicted octanol–water partition coefficient (Wildman–Crippen LogP) is 0.961. The van der Waals surface area contributed by atoms with Gasteiger partial charge in [0.25, 0.3) is 5.91 Å². The van der Waals surface area contributed by atoms with Crippen molar-refractivity contribution in [3.63, 3.8) is 0 Å². The number of Topliss-reactive ketones (excluding diaryl/α,β-unsaturated/α-hetero) is 2. The number of aliphatic hydroxyl groups is 2. The highest BCUT2D eigenvalue weighted by Gasteiger charge is 2.41. The number of nitrogens with one attached hydrogen (secondary N) is 3. The van der Waals surface area contributed by atoms with Crippen LogP contribution in [0, 0.1) is 5.92 Å². The summed E-state index contributed by atoms with van der Waals surface area (Å²) < 4.78 is 0. The van der Waals surface area contributed by atoms with E-state index in [0.717, 1.165) is 30.4 Å². The third kappa shape index (κ3) is 15.2. The van der Waals surface area contributed by atoms with Gasteiger partial charge in [0, 0.05) is 49.9 Å². The molecule has 0 spiro atoms. The van der Waals surface area contributed by atoms with Crippen LogP contribution in [-0.2, 0) is 30.4 Å². The molecular formula is C42H63BN6O10. The molecule has 0 radical (unpaired) electrons. The number of carbonyl (C=O) groups is 6. The standard InChI is InChI=1S/C42H63BN6O10/c1-4-6-9-27-11-13-29(14-12-27)30-15-17-31(18-16-30)39(53)46-21-19-37(52)49-25-32(45)24-34(49)41(55)48-38(42(56)57)36(51)23-28(5-2)40(54)47-33(10-7-8-20-44)35(50)22-26(3)43(58)59/h11-18,26,28,32-34,38,42,56-59H,4-10,19-25,44-45H2,1-3H3,(H,46,53)(H,47,54)(H,48,55)/t26-,28-,32+,33+,34+,38-/m1/s1. The first-order valence-corrected chi connectivity index (χ1v) is 20.7. The SMILES string of the molecule is CCCCc1ccc(-c2ccc(C(=O)NCCC(=O)N3C[C@@H](N)C[C@H]3C(=O)N[C@H](C(=O)C[C@@H](CC)C(=O)N[C@@H](CCCCN)C(=O)C[C@@H](C)B(O)O)C(O)O)cc2)cc1. The summed E-state index contributed by atoms with van der Waals surface area (Å²) in [5, 5.41) is 46.9. The maximum Gasteiger partial charge on any atom is 0.454 e. The van der Waals surface area contributed by atoms with E-state index in [2.05, 4.69) is 47.1 Å².